The molecule has 1 N–H and O–H groups in total. The molecular formula is C13H16FNO2. The second-order valence-electron chi connectivity index (χ2n) is 4.13. The van der Waals surface area contributed by atoms with Crippen molar-refractivity contribution in [2.75, 3.05) is 18.5 Å². The Hall–Kier alpha value is -1.58. The molecule has 1 aromatic carbocycles. The van der Waals surface area contributed by atoms with Crippen molar-refractivity contribution in [1.82, 2.24) is 0 Å². The van der Waals surface area contributed by atoms with Gasteiger partial charge in [0.05, 0.1) is 18.7 Å². The quantitative estimate of drug-likeness (QED) is 0.821. The van der Waals surface area contributed by atoms with Gasteiger partial charge in [0.2, 0.25) is 0 Å². The van der Waals surface area contributed by atoms with E-state index in [9.17, 15) is 9.18 Å². The van der Waals surface area contributed by atoms with Crippen LogP contribution in [0.5, 0.6) is 0 Å². The standard InChI is InChI=1S/C13H16FNO2/c1-2-17-12(16)8-9-6-7-15-13-10(9)4-3-5-11(13)14/h3-5,9,15H,2,6-8H2,1H3. The average molecular weight is 237 g/mol. The lowest BCUT2D eigenvalue weighted by molar-refractivity contribution is -0.143. The summed E-state index contributed by atoms with van der Waals surface area (Å²) in [6, 6.07) is 4.98. The van der Waals surface area contributed by atoms with Gasteiger partial charge in [-0.1, -0.05) is 12.1 Å². The number of fused-ring (bicyclic) bond motifs is 1. The predicted molar refractivity (Wildman–Crippen MR) is 63.5 cm³/mol. The number of para-hydroxylation sites is 1. The maximum Gasteiger partial charge on any atom is 0.306 e. The van der Waals surface area contributed by atoms with Crippen molar-refractivity contribution in [2.45, 2.75) is 25.7 Å². The first-order chi connectivity index (χ1) is 8.22. The molecule has 0 aromatic heterocycles. The van der Waals surface area contributed by atoms with E-state index in [0.717, 1.165) is 12.0 Å². The van der Waals surface area contributed by atoms with Crippen LogP contribution in [0.4, 0.5) is 10.1 Å². The molecule has 0 fully saturated rings. The average Bonchev–Trinajstić information content (AvgIpc) is 2.31. The second-order valence-corrected chi connectivity index (χ2v) is 4.13. The van der Waals surface area contributed by atoms with Crippen LogP contribution in [-0.2, 0) is 9.53 Å². The van der Waals surface area contributed by atoms with Gasteiger partial charge in [-0.05, 0) is 30.9 Å². The minimum Gasteiger partial charge on any atom is -0.466 e. The molecule has 1 heterocycles. The van der Waals surface area contributed by atoms with E-state index in [4.69, 9.17) is 4.74 Å². The van der Waals surface area contributed by atoms with Crippen molar-refractivity contribution in [3.05, 3.63) is 29.6 Å². The maximum absolute atomic E-state index is 13.6. The summed E-state index contributed by atoms with van der Waals surface area (Å²) < 4.78 is 18.5. The molecular weight excluding hydrogens is 221 g/mol. The van der Waals surface area contributed by atoms with E-state index < -0.39 is 0 Å². The van der Waals surface area contributed by atoms with Crippen LogP contribution < -0.4 is 5.32 Å². The molecule has 0 amide bonds. The molecule has 2 rings (SSSR count). The van der Waals surface area contributed by atoms with Gasteiger partial charge in [-0.3, -0.25) is 4.79 Å². The molecule has 1 aromatic rings. The molecule has 1 aliphatic heterocycles. The highest BCUT2D eigenvalue weighted by atomic mass is 19.1. The Labute approximate surface area is 100.0 Å². The van der Waals surface area contributed by atoms with E-state index in [1.807, 2.05) is 6.07 Å². The van der Waals surface area contributed by atoms with Crippen LogP contribution in [0.1, 0.15) is 31.2 Å². The van der Waals surface area contributed by atoms with Gasteiger partial charge >= 0.3 is 5.97 Å². The summed E-state index contributed by atoms with van der Waals surface area (Å²) in [5.74, 6) is -0.410. The highest BCUT2D eigenvalue weighted by molar-refractivity contribution is 5.71. The van der Waals surface area contributed by atoms with Crippen molar-refractivity contribution in [3.8, 4) is 0 Å². The van der Waals surface area contributed by atoms with Crippen molar-refractivity contribution in [1.29, 1.82) is 0 Å². The van der Waals surface area contributed by atoms with Crippen molar-refractivity contribution in [2.24, 2.45) is 0 Å². The second kappa shape index (κ2) is 5.17. The van der Waals surface area contributed by atoms with Gasteiger partial charge in [-0.15, -0.1) is 0 Å². The summed E-state index contributed by atoms with van der Waals surface area (Å²) >= 11 is 0. The monoisotopic (exact) mass is 237 g/mol. The molecule has 1 atom stereocenters. The summed E-state index contributed by atoms with van der Waals surface area (Å²) in [4.78, 5) is 11.5. The lowest BCUT2D eigenvalue weighted by Crippen LogP contribution is -2.21. The van der Waals surface area contributed by atoms with Crippen molar-refractivity contribution >= 4 is 11.7 Å². The summed E-state index contributed by atoms with van der Waals surface area (Å²) in [6.07, 6.45) is 1.15. The van der Waals surface area contributed by atoms with Gasteiger partial charge in [0.15, 0.2) is 0 Å². The van der Waals surface area contributed by atoms with Crippen LogP contribution in [-0.4, -0.2) is 19.1 Å². The molecule has 0 radical (unpaired) electrons. The van der Waals surface area contributed by atoms with Crippen LogP contribution in [0.2, 0.25) is 0 Å². The zero-order valence-corrected chi connectivity index (χ0v) is 9.83. The smallest absolute Gasteiger partial charge is 0.306 e. The Bertz CT molecular complexity index is 420. The zero-order valence-electron chi connectivity index (χ0n) is 9.83. The Balaban J connectivity index is 2.17. The summed E-state index contributed by atoms with van der Waals surface area (Å²) in [5, 5.41) is 3.04. The van der Waals surface area contributed by atoms with Crippen LogP contribution in [0.3, 0.4) is 0 Å². The number of ether oxygens (including phenoxy) is 1. The Kier molecular flexibility index (Phi) is 3.61. The highest BCUT2D eigenvalue weighted by Gasteiger charge is 2.24. The van der Waals surface area contributed by atoms with Crippen LogP contribution in [0.25, 0.3) is 0 Å². The predicted octanol–water partition coefficient (Wildman–Crippen LogP) is 2.68. The molecule has 1 unspecified atom stereocenters. The fourth-order valence-electron chi connectivity index (χ4n) is 2.23. The Morgan fingerprint density at radius 1 is 1.59 bits per heavy atom. The van der Waals surface area contributed by atoms with E-state index in [1.165, 1.54) is 6.07 Å². The van der Waals surface area contributed by atoms with E-state index >= 15 is 0 Å². The van der Waals surface area contributed by atoms with Gasteiger partial charge in [0.1, 0.15) is 5.82 Å². The number of nitrogens with one attached hydrogen (secondary N) is 1. The van der Waals surface area contributed by atoms with Gasteiger partial charge in [-0.2, -0.15) is 0 Å². The number of rotatable bonds is 3. The fraction of sp³-hybridized carbons (Fsp3) is 0.462. The van der Waals surface area contributed by atoms with E-state index in [0.29, 0.717) is 25.3 Å². The number of anilines is 1. The number of carbonyl (C=O) groups is 1. The number of hydrogen-bond donors (Lipinski definition) is 1. The van der Waals surface area contributed by atoms with E-state index in [2.05, 4.69) is 5.32 Å². The zero-order chi connectivity index (χ0) is 12.3. The SMILES string of the molecule is CCOC(=O)CC1CCNc2c(F)cccc21. The summed E-state index contributed by atoms with van der Waals surface area (Å²) in [5.41, 5.74) is 1.41. The fourth-order valence-corrected chi connectivity index (χ4v) is 2.23. The Morgan fingerprint density at radius 3 is 3.18 bits per heavy atom. The lowest BCUT2D eigenvalue weighted by atomic mass is 9.88. The van der Waals surface area contributed by atoms with E-state index in [1.54, 1.807) is 13.0 Å². The molecule has 1 aliphatic rings. The Morgan fingerprint density at radius 2 is 2.41 bits per heavy atom. The van der Waals surface area contributed by atoms with Crippen LogP contribution >= 0.6 is 0 Å². The summed E-state index contributed by atoms with van der Waals surface area (Å²) in [7, 11) is 0. The third-order valence-electron chi connectivity index (χ3n) is 3.00. The van der Waals surface area contributed by atoms with Crippen LogP contribution in [0, 0.1) is 5.82 Å². The number of hydrogen-bond acceptors (Lipinski definition) is 3. The maximum atomic E-state index is 13.6. The van der Waals surface area contributed by atoms with Gasteiger partial charge < -0.3 is 10.1 Å². The third kappa shape index (κ3) is 2.57. The topological polar surface area (TPSA) is 38.3 Å². The van der Waals surface area contributed by atoms with Crippen molar-refractivity contribution < 1.29 is 13.9 Å². The minimum absolute atomic E-state index is 0.0565. The largest absolute Gasteiger partial charge is 0.466 e. The van der Waals surface area contributed by atoms with Crippen LogP contribution in [0.15, 0.2) is 18.2 Å². The molecule has 0 aliphatic carbocycles. The summed E-state index contributed by atoms with van der Waals surface area (Å²) in [6.45, 7) is 2.87. The normalized spacial score (nSPS) is 18.1. The van der Waals surface area contributed by atoms with E-state index in [-0.39, 0.29) is 17.7 Å². The molecule has 3 nitrogen and oxygen atoms in total. The molecule has 17 heavy (non-hydrogen) atoms. The number of esters is 1. The molecule has 0 saturated carbocycles. The first kappa shape index (κ1) is 11.9. The number of carbonyl (C=O) groups excluding carboxylic acids is 1. The van der Waals surface area contributed by atoms with Gasteiger partial charge in [0.25, 0.3) is 0 Å². The van der Waals surface area contributed by atoms with Crippen molar-refractivity contribution in [3.63, 3.8) is 0 Å². The highest BCUT2D eigenvalue weighted by Crippen LogP contribution is 2.35. The lowest BCUT2D eigenvalue weighted by Gasteiger charge is -2.26. The molecule has 4 heteroatoms. The molecule has 0 saturated heterocycles. The number of benzene rings is 1. The number of halogens is 1. The molecule has 0 spiro atoms. The first-order valence-electron chi connectivity index (χ1n) is 5.90. The molecule has 0 bridgehead atoms. The minimum atomic E-state index is -0.254. The first-order valence-corrected chi connectivity index (χ1v) is 5.90. The van der Waals surface area contributed by atoms with Gasteiger partial charge in [-0.25, -0.2) is 4.39 Å². The molecule has 92 valence electrons. The van der Waals surface area contributed by atoms with Gasteiger partial charge in [0, 0.05) is 6.54 Å². The third-order valence-corrected chi connectivity index (χ3v) is 3.00.